The van der Waals surface area contributed by atoms with Gasteiger partial charge in [-0.25, -0.2) is 12.7 Å². The number of hydrogen-bond acceptors (Lipinski definition) is 3. The Bertz CT molecular complexity index is 485. The summed E-state index contributed by atoms with van der Waals surface area (Å²) in [6.07, 6.45) is 2.40. The summed E-state index contributed by atoms with van der Waals surface area (Å²) in [6, 6.07) is 7.53. The SMILES string of the molecule is CCCCN(C)S(=O)(=O)CCc1cccc(OC)c1. The Morgan fingerprint density at radius 3 is 2.68 bits per heavy atom. The van der Waals surface area contributed by atoms with Gasteiger partial charge in [0.25, 0.3) is 0 Å². The van der Waals surface area contributed by atoms with Crippen LogP contribution in [0.15, 0.2) is 24.3 Å². The van der Waals surface area contributed by atoms with Crippen LogP contribution in [0, 0.1) is 0 Å². The average molecular weight is 285 g/mol. The Hall–Kier alpha value is -1.07. The number of sulfonamides is 1. The highest BCUT2D eigenvalue weighted by atomic mass is 32.2. The van der Waals surface area contributed by atoms with Crippen LogP contribution >= 0.6 is 0 Å². The standard InChI is InChI=1S/C14H23NO3S/c1-4-5-10-15(2)19(16,17)11-9-13-7-6-8-14(12-13)18-3/h6-8,12H,4-5,9-11H2,1-3H3. The lowest BCUT2D eigenvalue weighted by atomic mass is 10.2. The maximum absolute atomic E-state index is 12.1. The third kappa shape index (κ3) is 5.20. The van der Waals surface area contributed by atoms with Gasteiger partial charge in [0.05, 0.1) is 12.9 Å². The zero-order valence-corrected chi connectivity index (χ0v) is 12.7. The van der Waals surface area contributed by atoms with Gasteiger partial charge < -0.3 is 4.74 Å². The molecule has 0 fully saturated rings. The molecule has 0 aromatic heterocycles. The second kappa shape index (κ2) is 7.50. The van der Waals surface area contributed by atoms with Crippen molar-refractivity contribution in [1.29, 1.82) is 0 Å². The van der Waals surface area contributed by atoms with E-state index in [1.165, 1.54) is 4.31 Å². The van der Waals surface area contributed by atoms with Gasteiger partial charge in [0.15, 0.2) is 0 Å². The van der Waals surface area contributed by atoms with Crippen molar-refractivity contribution >= 4 is 10.0 Å². The summed E-state index contributed by atoms with van der Waals surface area (Å²) in [5.74, 6) is 0.898. The third-order valence-corrected chi connectivity index (χ3v) is 4.94. The van der Waals surface area contributed by atoms with Crippen molar-refractivity contribution < 1.29 is 13.2 Å². The first-order valence-corrected chi connectivity index (χ1v) is 8.17. The Morgan fingerprint density at radius 1 is 1.32 bits per heavy atom. The zero-order chi connectivity index (χ0) is 14.3. The molecule has 0 aliphatic heterocycles. The van der Waals surface area contributed by atoms with E-state index < -0.39 is 10.0 Å². The lowest BCUT2D eigenvalue weighted by Gasteiger charge is -2.16. The number of ether oxygens (including phenoxy) is 1. The molecule has 0 heterocycles. The summed E-state index contributed by atoms with van der Waals surface area (Å²) in [6.45, 7) is 2.65. The van der Waals surface area contributed by atoms with Crippen LogP contribution in [-0.2, 0) is 16.4 Å². The molecule has 0 N–H and O–H groups in total. The predicted molar refractivity (Wildman–Crippen MR) is 78.0 cm³/mol. The second-order valence-corrected chi connectivity index (χ2v) is 6.79. The van der Waals surface area contributed by atoms with Gasteiger partial charge in [-0.1, -0.05) is 25.5 Å². The molecule has 0 bridgehead atoms. The quantitative estimate of drug-likeness (QED) is 0.736. The van der Waals surface area contributed by atoms with Crippen molar-refractivity contribution in [2.24, 2.45) is 0 Å². The summed E-state index contributed by atoms with van der Waals surface area (Å²) in [7, 11) is 0.0971. The number of aryl methyl sites for hydroxylation is 1. The minimum atomic E-state index is -3.16. The molecular formula is C14H23NO3S. The van der Waals surface area contributed by atoms with Gasteiger partial charge in [-0.15, -0.1) is 0 Å². The van der Waals surface area contributed by atoms with E-state index in [2.05, 4.69) is 6.92 Å². The summed E-state index contributed by atoms with van der Waals surface area (Å²) < 4.78 is 30.7. The van der Waals surface area contributed by atoms with Crippen LogP contribution in [0.3, 0.4) is 0 Å². The van der Waals surface area contributed by atoms with E-state index in [9.17, 15) is 8.42 Å². The Morgan fingerprint density at radius 2 is 2.05 bits per heavy atom. The van der Waals surface area contributed by atoms with Gasteiger partial charge in [-0.05, 0) is 30.5 Å². The number of rotatable bonds is 8. The van der Waals surface area contributed by atoms with E-state index >= 15 is 0 Å². The number of benzene rings is 1. The van der Waals surface area contributed by atoms with Crippen LogP contribution < -0.4 is 4.74 Å². The van der Waals surface area contributed by atoms with Gasteiger partial charge in [-0.3, -0.25) is 0 Å². The summed E-state index contributed by atoms with van der Waals surface area (Å²) in [5.41, 5.74) is 0.979. The molecule has 1 aromatic rings. The molecule has 0 aliphatic rings. The van der Waals surface area contributed by atoms with E-state index in [1.54, 1.807) is 14.2 Å². The first-order chi connectivity index (χ1) is 8.99. The van der Waals surface area contributed by atoms with Gasteiger partial charge in [-0.2, -0.15) is 0 Å². The van der Waals surface area contributed by atoms with E-state index in [1.807, 2.05) is 24.3 Å². The fourth-order valence-electron chi connectivity index (χ4n) is 1.75. The van der Waals surface area contributed by atoms with Crippen molar-refractivity contribution in [1.82, 2.24) is 4.31 Å². The zero-order valence-electron chi connectivity index (χ0n) is 11.9. The number of methoxy groups -OCH3 is 1. The van der Waals surface area contributed by atoms with Crippen molar-refractivity contribution in [3.63, 3.8) is 0 Å². The highest BCUT2D eigenvalue weighted by Gasteiger charge is 2.16. The van der Waals surface area contributed by atoms with Crippen molar-refractivity contribution in [3.8, 4) is 5.75 Å². The fourth-order valence-corrected chi connectivity index (χ4v) is 2.96. The second-order valence-electron chi connectivity index (χ2n) is 4.59. The van der Waals surface area contributed by atoms with Crippen LogP contribution in [0.2, 0.25) is 0 Å². The van der Waals surface area contributed by atoms with E-state index in [4.69, 9.17) is 4.74 Å². The van der Waals surface area contributed by atoms with E-state index in [0.717, 1.165) is 24.2 Å². The average Bonchev–Trinajstić information content (AvgIpc) is 2.42. The topological polar surface area (TPSA) is 46.6 Å². The van der Waals surface area contributed by atoms with Gasteiger partial charge in [0.2, 0.25) is 10.0 Å². The molecule has 0 unspecified atom stereocenters. The Balaban J connectivity index is 2.59. The van der Waals surface area contributed by atoms with Crippen LogP contribution in [0.1, 0.15) is 25.3 Å². The molecule has 0 radical (unpaired) electrons. The van der Waals surface area contributed by atoms with Gasteiger partial charge in [0.1, 0.15) is 5.75 Å². The van der Waals surface area contributed by atoms with E-state index in [-0.39, 0.29) is 5.75 Å². The van der Waals surface area contributed by atoms with Gasteiger partial charge in [0, 0.05) is 13.6 Å². The Kier molecular flexibility index (Phi) is 6.31. The number of hydrogen-bond donors (Lipinski definition) is 0. The fraction of sp³-hybridized carbons (Fsp3) is 0.571. The molecule has 4 nitrogen and oxygen atoms in total. The molecule has 108 valence electrons. The third-order valence-electron chi connectivity index (χ3n) is 3.08. The van der Waals surface area contributed by atoms with Crippen LogP contribution in [0.25, 0.3) is 0 Å². The smallest absolute Gasteiger partial charge is 0.214 e. The summed E-state index contributed by atoms with van der Waals surface area (Å²) in [5, 5.41) is 0. The molecule has 0 spiro atoms. The van der Waals surface area contributed by atoms with Crippen molar-refractivity contribution in [2.75, 3.05) is 26.5 Å². The molecule has 0 atom stereocenters. The summed E-state index contributed by atoms with van der Waals surface area (Å²) >= 11 is 0. The monoisotopic (exact) mass is 285 g/mol. The van der Waals surface area contributed by atoms with Crippen LogP contribution in [-0.4, -0.2) is 39.2 Å². The minimum Gasteiger partial charge on any atom is -0.497 e. The van der Waals surface area contributed by atoms with Gasteiger partial charge >= 0.3 is 0 Å². The first-order valence-electron chi connectivity index (χ1n) is 6.56. The molecule has 0 saturated heterocycles. The summed E-state index contributed by atoms with van der Waals surface area (Å²) in [4.78, 5) is 0. The molecule has 5 heteroatoms. The lowest BCUT2D eigenvalue weighted by Crippen LogP contribution is -2.30. The lowest BCUT2D eigenvalue weighted by molar-refractivity contribution is 0.414. The largest absolute Gasteiger partial charge is 0.497 e. The predicted octanol–water partition coefficient (Wildman–Crippen LogP) is 2.30. The highest BCUT2D eigenvalue weighted by Crippen LogP contribution is 2.14. The highest BCUT2D eigenvalue weighted by molar-refractivity contribution is 7.89. The molecule has 0 aliphatic carbocycles. The maximum Gasteiger partial charge on any atom is 0.214 e. The molecule has 19 heavy (non-hydrogen) atoms. The molecule has 1 aromatic carbocycles. The Labute approximate surface area is 116 Å². The van der Waals surface area contributed by atoms with Crippen molar-refractivity contribution in [3.05, 3.63) is 29.8 Å². The molecule has 0 saturated carbocycles. The van der Waals surface area contributed by atoms with Crippen LogP contribution in [0.5, 0.6) is 5.75 Å². The molecule has 1 rings (SSSR count). The minimum absolute atomic E-state index is 0.139. The molecule has 0 amide bonds. The normalized spacial score (nSPS) is 11.8. The first kappa shape index (κ1) is 16.0. The van der Waals surface area contributed by atoms with E-state index in [0.29, 0.717) is 13.0 Å². The number of unbranched alkanes of at least 4 members (excludes halogenated alkanes) is 1. The molecular weight excluding hydrogens is 262 g/mol. The van der Waals surface area contributed by atoms with Crippen molar-refractivity contribution in [2.45, 2.75) is 26.2 Å². The van der Waals surface area contributed by atoms with Crippen LogP contribution in [0.4, 0.5) is 0 Å². The number of nitrogens with zero attached hydrogens (tertiary/aromatic N) is 1. The maximum atomic E-state index is 12.1.